The van der Waals surface area contributed by atoms with Gasteiger partial charge < -0.3 is 10.2 Å². The number of rotatable bonds is 4. The van der Waals surface area contributed by atoms with Crippen molar-refractivity contribution >= 4 is 17.2 Å². The number of alkyl halides is 3. The quantitative estimate of drug-likeness (QED) is 0.394. The molecule has 1 fully saturated rings. The van der Waals surface area contributed by atoms with Crippen molar-refractivity contribution in [3.05, 3.63) is 94.4 Å². The molecule has 7 nitrogen and oxygen atoms in total. The molecule has 1 aliphatic rings. The third kappa shape index (κ3) is 5.95. The number of halogens is 3. The maximum atomic E-state index is 14.0. The van der Waals surface area contributed by atoms with Gasteiger partial charge in [0.05, 0.1) is 11.8 Å². The number of anilines is 1. The predicted molar refractivity (Wildman–Crippen MR) is 142 cm³/mol. The molecule has 2 aromatic heterocycles. The third-order valence-electron chi connectivity index (χ3n) is 6.84. The maximum absolute atomic E-state index is 14.0. The van der Waals surface area contributed by atoms with Crippen LogP contribution in [0.4, 0.5) is 18.9 Å². The standard InChI is InChI=1S/C29H27F3N6O/c1-20-21(9-11-24-18-33-27-7-4-12-34-38(24)27)5-3-6-25(20)28(39)35-23-10-8-22(26(17-23)29(30,31)32)19-37-15-13-36(2)14-16-37/h3-8,10,12,17-18H,13-16,19H2,1-2H3,(H,35,39). The Hall–Kier alpha value is -4.20. The number of amides is 1. The van der Waals surface area contributed by atoms with Gasteiger partial charge in [-0.2, -0.15) is 18.3 Å². The van der Waals surface area contributed by atoms with Crippen molar-refractivity contribution < 1.29 is 18.0 Å². The second-order valence-electron chi connectivity index (χ2n) is 9.57. The van der Waals surface area contributed by atoms with E-state index in [2.05, 4.69) is 32.1 Å². The molecule has 4 aromatic rings. The molecular formula is C29H27F3N6O. The Morgan fingerprint density at radius 2 is 1.85 bits per heavy atom. The summed E-state index contributed by atoms with van der Waals surface area (Å²) in [5.41, 5.74) is 2.36. The van der Waals surface area contributed by atoms with Gasteiger partial charge in [-0.05, 0) is 67.4 Å². The Bertz CT molecular complexity index is 1580. The minimum atomic E-state index is -4.54. The molecule has 0 radical (unpaired) electrons. The highest BCUT2D eigenvalue weighted by molar-refractivity contribution is 6.05. The van der Waals surface area contributed by atoms with Gasteiger partial charge in [0.15, 0.2) is 5.65 Å². The summed E-state index contributed by atoms with van der Waals surface area (Å²) in [6.07, 6.45) is -1.28. The fourth-order valence-electron chi connectivity index (χ4n) is 4.56. The number of hydrogen-bond donors (Lipinski definition) is 1. The number of imidazole rings is 1. The minimum Gasteiger partial charge on any atom is -0.322 e. The molecule has 1 N–H and O–H groups in total. The van der Waals surface area contributed by atoms with Crippen LogP contribution in [0.1, 0.15) is 38.3 Å². The lowest BCUT2D eigenvalue weighted by molar-refractivity contribution is -0.138. The number of hydrogen-bond acceptors (Lipinski definition) is 5. The number of carbonyl (C=O) groups is 1. The molecule has 0 unspecified atom stereocenters. The van der Waals surface area contributed by atoms with Crippen LogP contribution in [0.25, 0.3) is 5.65 Å². The summed E-state index contributed by atoms with van der Waals surface area (Å²) >= 11 is 0. The molecule has 39 heavy (non-hydrogen) atoms. The van der Waals surface area contributed by atoms with E-state index in [9.17, 15) is 18.0 Å². The first-order valence-electron chi connectivity index (χ1n) is 12.5. The lowest BCUT2D eigenvalue weighted by Gasteiger charge is -2.33. The Morgan fingerprint density at radius 3 is 2.62 bits per heavy atom. The predicted octanol–water partition coefficient (Wildman–Crippen LogP) is 4.46. The van der Waals surface area contributed by atoms with E-state index in [0.717, 1.165) is 19.2 Å². The molecular weight excluding hydrogens is 505 g/mol. The fourth-order valence-corrected chi connectivity index (χ4v) is 4.56. The third-order valence-corrected chi connectivity index (χ3v) is 6.84. The topological polar surface area (TPSA) is 65.8 Å². The van der Waals surface area contributed by atoms with Crippen molar-refractivity contribution in [2.45, 2.75) is 19.6 Å². The summed E-state index contributed by atoms with van der Waals surface area (Å²) in [5.74, 6) is 5.58. The normalized spacial score (nSPS) is 14.7. The Kier molecular flexibility index (Phi) is 7.37. The summed E-state index contributed by atoms with van der Waals surface area (Å²) < 4.78 is 43.5. The van der Waals surface area contributed by atoms with Crippen LogP contribution < -0.4 is 5.32 Å². The number of nitrogens with one attached hydrogen (secondary N) is 1. The summed E-state index contributed by atoms with van der Waals surface area (Å²) in [6.45, 7) is 5.00. The zero-order valence-electron chi connectivity index (χ0n) is 21.6. The van der Waals surface area contributed by atoms with Crippen LogP contribution in [0.5, 0.6) is 0 Å². The Morgan fingerprint density at radius 1 is 1.05 bits per heavy atom. The van der Waals surface area contributed by atoms with Crippen LogP contribution >= 0.6 is 0 Å². The average Bonchev–Trinajstić information content (AvgIpc) is 3.32. The second kappa shape index (κ2) is 10.9. The van der Waals surface area contributed by atoms with E-state index < -0.39 is 17.6 Å². The highest BCUT2D eigenvalue weighted by Gasteiger charge is 2.34. The van der Waals surface area contributed by atoms with Crippen LogP contribution in [0.15, 0.2) is 60.9 Å². The molecule has 0 spiro atoms. The zero-order chi connectivity index (χ0) is 27.6. The molecule has 1 amide bonds. The Labute approximate surface area is 224 Å². The molecule has 5 rings (SSSR count). The largest absolute Gasteiger partial charge is 0.416 e. The van der Waals surface area contributed by atoms with Gasteiger partial charge in [0.25, 0.3) is 5.91 Å². The SMILES string of the molecule is Cc1c(C#Cc2cnc3cccnn23)cccc1C(=O)Nc1ccc(CN2CCN(C)CC2)c(C(F)(F)F)c1. The smallest absolute Gasteiger partial charge is 0.322 e. The first kappa shape index (κ1) is 26.4. The first-order chi connectivity index (χ1) is 18.7. The fraction of sp³-hybridized carbons (Fsp3) is 0.276. The van der Waals surface area contributed by atoms with Gasteiger partial charge in [-0.3, -0.25) is 9.69 Å². The van der Waals surface area contributed by atoms with Gasteiger partial charge in [-0.15, -0.1) is 0 Å². The van der Waals surface area contributed by atoms with Crippen LogP contribution in [0.2, 0.25) is 0 Å². The van der Waals surface area contributed by atoms with Gasteiger partial charge in [0, 0.05) is 55.7 Å². The molecule has 1 aliphatic heterocycles. The summed E-state index contributed by atoms with van der Waals surface area (Å²) in [5, 5.41) is 6.88. The molecule has 200 valence electrons. The van der Waals surface area contributed by atoms with Crippen molar-refractivity contribution in [3.63, 3.8) is 0 Å². The van der Waals surface area contributed by atoms with Crippen molar-refractivity contribution in [1.82, 2.24) is 24.4 Å². The first-order valence-corrected chi connectivity index (χ1v) is 12.5. The number of fused-ring (bicyclic) bond motifs is 1. The number of benzene rings is 2. The summed E-state index contributed by atoms with van der Waals surface area (Å²) in [7, 11) is 2.00. The highest BCUT2D eigenvalue weighted by atomic mass is 19.4. The van der Waals surface area contributed by atoms with E-state index >= 15 is 0 Å². The summed E-state index contributed by atoms with van der Waals surface area (Å²) in [6, 6.07) is 12.7. The van der Waals surface area contributed by atoms with Gasteiger partial charge in [-0.1, -0.05) is 18.1 Å². The minimum absolute atomic E-state index is 0.0853. The molecule has 2 aromatic carbocycles. The van der Waals surface area contributed by atoms with Crippen LogP contribution in [-0.4, -0.2) is 63.5 Å². The number of aromatic nitrogens is 3. The van der Waals surface area contributed by atoms with Gasteiger partial charge in [0.2, 0.25) is 0 Å². The van der Waals surface area contributed by atoms with Crippen molar-refractivity contribution in [1.29, 1.82) is 0 Å². The van der Waals surface area contributed by atoms with E-state index in [1.165, 1.54) is 12.1 Å². The monoisotopic (exact) mass is 532 g/mol. The van der Waals surface area contributed by atoms with E-state index in [1.807, 2.05) is 18.0 Å². The van der Waals surface area contributed by atoms with Crippen LogP contribution in [-0.2, 0) is 12.7 Å². The van der Waals surface area contributed by atoms with Gasteiger partial charge in [-0.25, -0.2) is 9.50 Å². The molecule has 0 saturated carbocycles. The molecule has 0 aliphatic carbocycles. The number of likely N-dealkylation sites (N-methyl/N-ethyl adjacent to an activating group) is 1. The van der Waals surface area contributed by atoms with Crippen molar-refractivity contribution in [2.75, 3.05) is 38.5 Å². The second-order valence-corrected chi connectivity index (χ2v) is 9.57. The molecule has 0 bridgehead atoms. The van der Waals surface area contributed by atoms with Crippen LogP contribution in [0.3, 0.4) is 0 Å². The lowest BCUT2D eigenvalue weighted by Crippen LogP contribution is -2.44. The average molecular weight is 533 g/mol. The Balaban J connectivity index is 1.36. The highest BCUT2D eigenvalue weighted by Crippen LogP contribution is 2.35. The van der Waals surface area contributed by atoms with Crippen LogP contribution in [0, 0.1) is 18.8 Å². The molecule has 1 saturated heterocycles. The molecule has 3 heterocycles. The number of carbonyl (C=O) groups excluding carboxylic acids is 1. The molecule has 0 atom stereocenters. The van der Waals surface area contributed by atoms with E-state index in [1.54, 1.807) is 48.1 Å². The van der Waals surface area contributed by atoms with E-state index in [0.29, 0.717) is 41.1 Å². The number of piperazine rings is 1. The van der Waals surface area contributed by atoms with E-state index in [-0.39, 0.29) is 17.8 Å². The number of nitrogens with zero attached hydrogens (tertiary/aromatic N) is 5. The zero-order valence-corrected chi connectivity index (χ0v) is 21.6. The lowest BCUT2D eigenvalue weighted by atomic mass is 10.0. The van der Waals surface area contributed by atoms with Crippen molar-refractivity contribution in [3.8, 4) is 11.8 Å². The summed E-state index contributed by atoms with van der Waals surface area (Å²) in [4.78, 5) is 21.5. The van der Waals surface area contributed by atoms with Gasteiger partial charge in [0.1, 0.15) is 5.69 Å². The van der Waals surface area contributed by atoms with Crippen molar-refractivity contribution in [2.24, 2.45) is 0 Å². The maximum Gasteiger partial charge on any atom is 0.416 e. The molecule has 10 heteroatoms. The van der Waals surface area contributed by atoms with E-state index in [4.69, 9.17) is 0 Å². The van der Waals surface area contributed by atoms with Gasteiger partial charge >= 0.3 is 6.18 Å².